The number of urea groups is 1. The minimum atomic E-state index is -1.20. The highest BCUT2D eigenvalue weighted by Gasteiger charge is 2.49. The molecular weight excluding hydrogens is 436 g/mol. The van der Waals surface area contributed by atoms with E-state index in [0.29, 0.717) is 10.7 Å². The third-order valence-electron chi connectivity index (χ3n) is 6.32. The Bertz CT molecular complexity index is 1240. The van der Waals surface area contributed by atoms with Crippen LogP contribution in [0, 0.1) is 0 Å². The van der Waals surface area contributed by atoms with Crippen LogP contribution < -0.4 is 10.6 Å². The number of hydrogen-bond acceptors (Lipinski definition) is 5. The molecule has 168 valence electrons. The van der Waals surface area contributed by atoms with Crippen LogP contribution in [0.4, 0.5) is 9.93 Å². The van der Waals surface area contributed by atoms with E-state index in [0.717, 1.165) is 29.0 Å². The Morgan fingerprint density at radius 3 is 2.67 bits per heavy atom. The van der Waals surface area contributed by atoms with Gasteiger partial charge in [0.25, 0.3) is 5.91 Å². The second kappa shape index (κ2) is 8.44. The van der Waals surface area contributed by atoms with Gasteiger partial charge in [0.2, 0.25) is 5.91 Å². The zero-order valence-electron chi connectivity index (χ0n) is 18.3. The van der Waals surface area contributed by atoms with Gasteiger partial charge in [-0.1, -0.05) is 42.5 Å². The topological polar surface area (TPSA) is 91.4 Å². The van der Waals surface area contributed by atoms with E-state index < -0.39 is 23.4 Å². The van der Waals surface area contributed by atoms with E-state index in [-0.39, 0.29) is 6.54 Å². The number of amides is 4. The molecule has 1 atom stereocenters. The summed E-state index contributed by atoms with van der Waals surface area (Å²) in [4.78, 5) is 43.6. The highest BCUT2D eigenvalue weighted by molar-refractivity contribution is 7.14. The molecule has 2 aliphatic rings. The third-order valence-corrected chi connectivity index (χ3v) is 7.08. The third kappa shape index (κ3) is 4.02. The number of carbonyl (C=O) groups excluding carboxylic acids is 3. The molecule has 7 nitrogen and oxygen atoms in total. The first-order chi connectivity index (χ1) is 15.9. The van der Waals surface area contributed by atoms with Crippen molar-refractivity contribution in [3.8, 4) is 11.3 Å². The van der Waals surface area contributed by atoms with E-state index in [4.69, 9.17) is 0 Å². The number of nitrogens with zero attached hydrogens (tertiary/aromatic N) is 2. The highest BCUT2D eigenvalue weighted by atomic mass is 32.1. The molecule has 2 aromatic carbocycles. The first-order valence-corrected chi connectivity index (χ1v) is 11.9. The first kappa shape index (κ1) is 21.3. The maximum absolute atomic E-state index is 13.0. The van der Waals surface area contributed by atoms with Gasteiger partial charge in [-0.2, -0.15) is 0 Å². The van der Waals surface area contributed by atoms with Crippen molar-refractivity contribution in [3.05, 3.63) is 70.6 Å². The maximum Gasteiger partial charge on any atom is 0.325 e. The lowest BCUT2D eigenvalue weighted by atomic mass is 9.90. The molecule has 1 fully saturated rings. The summed E-state index contributed by atoms with van der Waals surface area (Å²) in [5, 5.41) is 7.77. The predicted octanol–water partition coefficient (Wildman–Crippen LogP) is 4.09. The van der Waals surface area contributed by atoms with Gasteiger partial charge >= 0.3 is 6.03 Å². The van der Waals surface area contributed by atoms with E-state index in [1.165, 1.54) is 35.3 Å². The molecule has 8 heteroatoms. The number of carbonyl (C=O) groups is 3. The molecule has 1 aliphatic heterocycles. The van der Waals surface area contributed by atoms with Crippen LogP contribution in [0.5, 0.6) is 0 Å². The van der Waals surface area contributed by atoms with Crippen molar-refractivity contribution in [1.82, 2.24) is 15.2 Å². The minimum absolute atomic E-state index is 0.374. The van der Waals surface area contributed by atoms with Gasteiger partial charge in [-0.3, -0.25) is 14.5 Å². The molecule has 0 unspecified atom stereocenters. The molecule has 0 spiro atoms. The number of imide groups is 1. The van der Waals surface area contributed by atoms with E-state index in [1.54, 1.807) is 31.2 Å². The van der Waals surface area contributed by atoms with Crippen molar-refractivity contribution < 1.29 is 14.4 Å². The summed E-state index contributed by atoms with van der Waals surface area (Å²) in [6.45, 7) is 1.27. The number of aryl methyl sites for hydroxylation is 2. The normalized spacial score (nSPS) is 19.8. The number of fused-ring (bicyclic) bond motifs is 1. The molecule has 1 saturated heterocycles. The summed E-state index contributed by atoms with van der Waals surface area (Å²) < 4.78 is 0. The molecule has 0 saturated carbocycles. The molecule has 33 heavy (non-hydrogen) atoms. The second-order valence-corrected chi connectivity index (χ2v) is 9.45. The van der Waals surface area contributed by atoms with Crippen LogP contribution in [0.25, 0.3) is 11.3 Å². The molecule has 1 aliphatic carbocycles. The summed E-state index contributed by atoms with van der Waals surface area (Å²) in [7, 11) is 0. The smallest absolute Gasteiger partial charge is 0.319 e. The van der Waals surface area contributed by atoms with Crippen molar-refractivity contribution in [1.29, 1.82) is 0 Å². The van der Waals surface area contributed by atoms with Crippen molar-refractivity contribution in [3.63, 3.8) is 0 Å². The standard InChI is InChI=1S/C25H24N4O3S/c1-25(19-9-3-2-4-10-19)22(31)29(24(32)28-25)14-21(30)27-23-26-20(15-33-23)18-12-11-16-7-5-6-8-17(16)13-18/h2-4,9-13,15H,5-8,14H2,1H3,(H,28,32)(H,26,27,30)/t25-/m0/s1. The minimum Gasteiger partial charge on any atom is -0.319 e. The number of aromatic nitrogens is 1. The van der Waals surface area contributed by atoms with E-state index in [2.05, 4.69) is 33.8 Å². The van der Waals surface area contributed by atoms with Gasteiger partial charge in [-0.05, 0) is 55.4 Å². The fourth-order valence-electron chi connectivity index (χ4n) is 4.47. The van der Waals surface area contributed by atoms with Crippen LogP contribution in [-0.2, 0) is 28.0 Å². The van der Waals surface area contributed by atoms with Crippen LogP contribution in [0.15, 0.2) is 53.9 Å². The Balaban J connectivity index is 1.26. The summed E-state index contributed by atoms with van der Waals surface area (Å²) in [6.07, 6.45) is 4.66. The first-order valence-electron chi connectivity index (χ1n) is 11.0. The van der Waals surface area contributed by atoms with Gasteiger partial charge in [-0.25, -0.2) is 9.78 Å². The van der Waals surface area contributed by atoms with Crippen LogP contribution in [0.1, 0.15) is 36.5 Å². The lowest BCUT2D eigenvalue weighted by Crippen LogP contribution is -2.42. The van der Waals surface area contributed by atoms with Crippen molar-refractivity contribution in [2.24, 2.45) is 0 Å². The Morgan fingerprint density at radius 2 is 1.88 bits per heavy atom. The Labute approximate surface area is 195 Å². The molecule has 4 amide bonds. The van der Waals surface area contributed by atoms with Gasteiger partial charge < -0.3 is 10.6 Å². The molecule has 2 N–H and O–H groups in total. The Morgan fingerprint density at radius 1 is 1.12 bits per heavy atom. The van der Waals surface area contributed by atoms with Gasteiger partial charge in [0, 0.05) is 10.9 Å². The maximum atomic E-state index is 13.0. The van der Waals surface area contributed by atoms with Gasteiger partial charge in [0.1, 0.15) is 12.1 Å². The summed E-state index contributed by atoms with van der Waals surface area (Å²) in [6, 6.07) is 14.8. The van der Waals surface area contributed by atoms with Crippen molar-refractivity contribution >= 4 is 34.3 Å². The van der Waals surface area contributed by atoms with Crippen LogP contribution in [-0.4, -0.2) is 34.3 Å². The van der Waals surface area contributed by atoms with Gasteiger partial charge in [0.05, 0.1) is 5.69 Å². The lowest BCUT2D eigenvalue weighted by Gasteiger charge is -2.21. The predicted molar refractivity (Wildman–Crippen MR) is 127 cm³/mol. The highest BCUT2D eigenvalue weighted by Crippen LogP contribution is 2.31. The fourth-order valence-corrected chi connectivity index (χ4v) is 5.20. The molecule has 1 aromatic heterocycles. The average Bonchev–Trinajstić information content (AvgIpc) is 3.38. The van der Waals surface area contributed by atoms with Crippen molar-refractivity contribution in [2.75, 3.05) is 11.9 Å². The molecular formula is C25H24N4O3S. The second-order valence-electron chi connectivity index (χ2n) is 8.59. The molecule has 0 bridgehead atoms. The molecule has 0 radical (unpaired) electrons. The van der Waals surface area contributed by atoms with Gasteiger partial charge in [0.15, 0.2) is 5.13 Å². The van der Waals surface area contributed by atoms with Crippen LogP contribution in [0.3, 0.4) is 0 Å². The monoisotopic (exact) mass is 460 g/mol. The van der Waals surface area contributed by atoms with Crippen LogP contribution in [0.2, 0.25) is 0 Å². The van der Waals surface area contributed by atoms with E-state index >= 15 is 0 Å². The summed E-state index contributed by atoms with van der Waals surface area (Å²) >= 11 is 1.32. The van der Waals surface area contributed by atoms with Crippen LogP contribution >= 0.6 is 11.3 Å². The van der Waals surface area contributed by atoms with E-state index in [9.17, 15) is 14.4 Å². The number of anilines is 1. The number of hydrogen-bond donors (Lipinski definition) is 2. The molecule has 5 rings (SSSR count). The number of nitrogens with one attached hydrogen (secondary N) is 2. The lowest BCUT2D eigenvalue weighted by molar-refractivity contribution is -0.133. The van der Waals surface area contributed by atoms with Gasteiger partial charge in [-0.15, -0.1) is 11.3 Å². The zero-order valence-corrected chi connectivity index (χ0v) is 19.1. The largest absolute Gasteiger partial charge is 0.325 e. The average molecular weight is 461 g/mol. The zero-order chi connectivity index (χ0) is 23.0. The summed E-state index contributed by atoms with van der Waals surface area (Å²) in [5.41, 5.74) is 4.08. The molecule has 3 aromatic rings. The number of benzene rings is 2. The molecule has 2 heterocycles. The summed E-state index contributed by atoms with van der Waals surface area (Å²) in [5.74, 6) is -0.926. The fraction of sp³-hybridized carbons (Fsp3) is 0.280. The Hall–Kier alpha value is -3.52. The Kier molecular flexibility index (Phi) is 5.46. The van der Waals surface area contributed by atoms with Crippen molar-refractivity contribution in [2.45, 2.75) is 38.1 Å². The SMILES string of the molecule is C[C@@]1(c2ccccc2)NC(=O)N(CC(=O)Nc2nc(-c3ccc4c(c3)CCCC4)cs2)C1=O. The quantitative estimate of drug-likeness (QED) is 0.561. The van der Waals surface area contributed by atoms with E-state index in [1.807, 2.05) is 11.4 Å². The number of rotatable bonds is 5. The number of thiazole rings is 1.